The van der Waals surface area contributed by atoms with Gasteiger partial charge in [0.2, 0.25) is 5.96 Å². The first-order valence-corrected chi connectivity index (χ1v) is 6.00. The molecular weight excluding hydrogens is 263 g/mol. The predicted octanol–water partition coefficient (Wildman–Crippen LogP) is -0.368. The van der Waals surface area contributed by atoms with Gasteiger partial charge in [0.1, 0.15) is 0 Å². The van der Waals surface area contributed by atoms with Crippen molar-refractivity contribution in [2.45, 2.75) is 6.18 Å². The van der Waals surface area contributed by atoms with E-state index in [1.54, 1.807) is 7.11 Å². The maximum Gasteiger partial charge on any atom is 0.401 e. The van der Waals surface area contributed by atoms with Gasteiger partial charge in [-0.25, -0.2) is 10.8 Å². The summed E-state index contributed by atoms with van der Waals surface area (Å²) >= 11 is 0. The molecule has 0 radical (unpaired) electrons. The van der Waals surface area contributed by atoms with E-state index in [-0.39, 0.29) is 0 Å². The van der Waals surface area contributed by atoms with Crippen molar-refractivity contribution in [3.8, 4) is 0 Å². The molecule has 0 unspecified atom stereocenters. The highest BCUT2D eigenvalue weighted by molar-refractivity contribution is 5.79. The molecule has 112 valence electrons. The van der Waals surface area contributed by atoms with E-state index < -0.39 is 12.7 Å². The average molecular weight is 283 g/mol. The zero-order valence-corrected chi connectivity index (χ0v) is 10.9. The lowest BCUT2D eigenvalue weighted by Crippen LogP contribution is -2.55. The highest BCUT2D eigenvalue weighted by atomic mass is 19.4. The van der Waals surface area contributed by atoms with Crippen molar-refractivity contribution in [1.82, 2.24) is 15.2 Å². The van der Waals surface area contributed by atoms with Gasteiger partial charge in [-0.1, -0.05) is 0 Å². The van der Waals surface area contributed by atoms with Crippen molar-refractivity contribution in [3.63, 3.8) is 0 Å². The number of methoxy groups -OCH3 is 1. The molecule has 1 aliphatic rings. The number of nitrogens with two attached hydrogens (primary N) is 1. The predicted molar refractivity (Wildman–Crippen MR) is 65.6 cm³/mol. The van der Waals surface area contributed by atoms with Gasteiger partial charge in [0.15, 0.2) is 0 Å². The third-order valence-corrected chi connectivity index (χ3v) is 2.76. The number of halogens is 3. The molecule has 3 N–H and O–H groups in total. The van der Waals surface area contributed by atoms with Crippen LogP contribution in [0.2, 0.25) is 0 Å². The third kappa shape index (κ3) is 6.08. The van der Waals surface area contributed by atoms with Gasteiger partial charge in [-0.15, -0.1) is 0 Å². The highest BCUT2D eigenvalue weighted by Crippen LogP contribution is 2.17. The topological polar surface area (TPSA) is 66.1 Å². The summed E-state index contributed by atoms with van der Waals surface area (Å²) in [6, 6.07) is 0. The van der Waals surface area contributed by atoms with Crippen LogP contribution in [0.15, 0.2) is 4.99 Å². The van der Waals surface area contributed by atoms with Gasteiger partial charge in [0.05, 0.1) is 19.7 Å². The molecule has 0 aromatic heterocycles. The van der Waals surface area contributed by atoms with Crippen molar-refractivity contribution in [2.75, 3.05) is 53.0 Å². The second-order valence-corrected chi connectivity index (χ2v) is 4.22. The Kier molecular flexibility index (Phi) is 6.32. The molecule has 6 nitrogen and oxygen atoms in total. The van der Waals surface area contributed by atoms with E-state index in [2.05, 4.69) is 10.4 Å². The summed E-state index contributed by atoms with van der Waals surface area (Å²) < 4.78 is 41.6. The Balaban J connectivity index is 2.41. The van der Waals surface area contributed by atoms with Crippen molar-refractivity contribution in [1.29, 1.82) is 0 Å². The Hall–Kier alpha value is -1.06. The maximum absolute atomic E-state index is 12.2. The number of nitrogens with zero attached hydrogens (tertiary/aromatic N) is 3. The molecule has 9 heteroatoms. The maximum atomic E-state index is 12.2. The second kappa shape index (κ2) is 7.51. The van der Waals surface area contributed by atoms with Gasteiger partial charge in [-0.3, -0.25) is 10.3 Å². The van der Waals surface area contributed by atoms with Gasteiger partial charge >= 0.3 is 6.18 Å². The van der Waals surface area contributed by atoms with Crippen LogP contribution < -0.4 is 11.3 Å². The molecular formula is C10H20F3N5O. The Labute approximate surface area is 110 Å². The Morgan fingerprint density at radius 3 is 2.42 bits per heavy atom. The minimum absolute atomic E-state index is 0.338. The number of hydrogen-bond donors (Lipinski definition) is 2. The Morgan fingerprint density at radius 1 is 1.32 bits per heavy atom. The molecule has 0 saturated carbocycles. The minimum atomic E-state index is -4.15. The molecule has 0 amide bonds. The summed E-state index contributed by atoms with van der Waals surface area (Å²) in [5, 5.41) is 0. The Bertz CT molecular complexity index is 289. The monoisotopic (exact) mass is 283 g/mol. The van der Waals surface area contributed by atoms with Gasteiger partial charge in [0.25, 0.3) is 0 Å². The summed E-state index contributed by atoms with van der Waals surface area (Å²) in [5.41, 5.74) is 2.47. The van der Waals surface area contributed by atoms with Crippen molar-refractivity contribution in [2.24, 2.45) is 10.8 Å². The second-order valence-electron chi connectivity index (χ2n) is 4.22. The van der Waals surface area contributed by atoms with E-state index in [1.807, 2.05) is 4.90 Å². The lowest BCUT2D eigenvalue weighted by atomic mass is 10.3. The fourth-order valence-electron chi connectivity index (χ4n) is 1.85. The van der Waals surface area contributed by atoms with Crippen LogP contribution in [-0.4, -0.2) is 74.9 Å². The van der Waals surface area contributed by atoms with Crippen LogP contribution in [0.1, 0.15) is 0 Å². The molecule has 0 aromatic carbocycles. The highest BCUT2D eigenvalue weighted by Gasteiger charge is 2.32. The van der Waals surface area contributed by atoms with Gasteiger partial charge in [-0.2, -0.15) is 13.2 Å². The fraction of sp³-hybridized carbons (Fsp3) is 0.900. The zero-order chi connectivity index (χ0) is 14.3. The SMILES string of the molecule is COCCN=C(NN)N1CCN(CC(F)(F)F)CC1. The van der Waals surface area contributed by atoms with Crippen LogP contribution in [0.5, 0.6) is 0 Å². The van der Waals surface area contributed by atoms with Crippen molar-refractivity contribution >= 4 is 5.96 Å². The first kappa shape index (κ1) is 16.0. The number of piperazine rings is 1. The van der Waals surface area contributed by atoms with Crippen LogP contribution >= 0.6 is 0 Å². The number of nitrogens with one attached hydrogen (secondary N) is 1. The fourth-order valence-corrected chi connectivity index (χ4v) is 1.85. The standard InChI is InChI=1S/C10H20F3N5O/c1-19-7-2-15-9(16-14)18-5-3-17(4-6-18)8-10(11,12)13/h2-8,14H2,1H3,(H,15,16). The molecule has 0 aromatic rings. The van der Waals surface area contributed by atoms with Crippen LogP contribution in [0.3, 0.4) is 0 Å². The molecule has 1 aliphatic heterocycles. The molecule has 0 spiro atoms. The van der Waals surface area contributed by atoms with Crippen LogP contribution in [0.4, 0.5) is 13.2 Å². The van der Waals surface area contributed by atoms with E-state index >= 15 is 0 Å². The van der Waals surface area contributed by atoms with E-state index in [0.717, 1.165) is 0 Å². The summed E-state index contributed by atoms with van der Waals surface area (Å²) in [6.07, 6.45) is -4.15. The third-order valence-electron chi connectivity index (χ3n) is 2.76. The van der Waals surface area contributed by atoms with E-state index in [4.69, 9.17) is 10.6 Å². The normalized spacial score (nSPS) is 18.8. The molecule has 1 heterocycles. The lowest BCUT2D eigenvalue weighted by Gasteiger charge is -2.36. The number of guanidine groups is 1. The van der Waals surface area contributed by atoms with Crippen molar-refractivity contribution in [3.05, 3.63) is 0 Å². The summed E-state index contributed by atoms with van der Waals surface area (Å²) in [6.45, 7) is 1.66. The summed E-state index contributed by atoms with van der Waals surface area (Å²) in [7, 11) is 1.57. The number of aliphatic imine (C=N–C) groups is 1. The molecule has 19 heavy (non-hydrogen) atoms. The molecule has 1 saturated heterocycles. The number of hydrazine groups is 1. The number of rotatable bonds is 4. The first-order valence-electron chi connectivity index (χ1n) is 6.00. The number of hydrogen-bond acceptors (Lipinski definition) is 4. The number of ether oxygens (including phenoxy) is 1. The van der Waals surface area contributed by atoms with Gasteiger partial charge in [0, 0.05) is 33.3 Å². The summed E-state index contributed by atoms with van der Waals surface area (Å²) in [5.74, 6) is 5.85. The van der Waals surface area contributed by atoms with Crippen LogP contribution in [-0.2, 0) is 4.74 Å². The summed E-state index contributed by atoms with van der Waals surface area (Å²) in [4.78, 5) is 7.41. The number of alkyl halides is 3. The van der Waals surface area contributed by atoms with Crippen LogP contribution in [0, 0.1) is 0 Å². The van der Waals surface area contributed by atoms with E-state index in [9.17, 15) is 13.2 Å². The smallest absolute Gasteiger partial charge is 0.383 e. The van der Waals surface area contributed by atoms with Crippen LogP contribution in [0.25, 0.3) is 0 Å². The van der Waals surface area contributed by atoms with Gasteiger partial charge in [-0.05, 0) is 0 Å². The minimum Gasteiger partial charge on any atom is -0.383 e. The Morgan fingerprint density at radius 2 is 1.95 bits per heavy atom. The molecule has 1 rings (SSSR count). The molecule has 1 fully saturated rings. The molecule has 0 bridgehead atoms. The molecule has 0 aliphatic carbocycles. The lowest BCUT2D eigenvalue weighted by molar-refractivity contribution is -0.148. The van der Waals surface area contributed by atoms with Crippen molar-refractivity contribution < 1.29 is 17.9 Å². The van der Waals surface area contributed by atoms with Gasteiger partial charge < -0.3 is 9.64 Å². The zero-order valence-electron chi connectivity index (χ0n) is 10.9. The largest absolute Gasteiger partial charge is 0.401 e. The van der Waals surface area contributed by atoms with E-state index in [0.29, 0.717) is 45.3 Å². The first-order chi connectivity index (χ1) is 8.96. The van der Waals surface area contributed by atoms with E-state index in [1.165, 1.54) is 4.90 Å². The molecule has 0 atom stereocenters. The average Bonchev–Trinajstić information content (AvgIpc) is 2.34. The quantitative estimate of drug-likeness (QED) is 0.242.